The Morgan fingerprint density at radius 3 is 2.67 bits per heavy atom. The molecule has 2 unspecified atom stereocenters. The van der Waals surface area contributed by atoms with Gasteiger partial charge in [0, 0.05) is 23.1 Å². The number of carbonyl (C=O) groups is 2. The smallest absolute Gasteiger partial charge is 0.230 e. The summed E-state index contributed by atoms with van der Waals surface area (Å²) in [4.78, 5) is 25.0. The van der Waals surface area contributed by atoms with Crippen molar-refractivity contribution in [2.24, 2.45) is 11.8 Å². The van der Waals surface area contributed by atoms with Crippen molar-refractivity contribution in [1.29, 1.82) is 0 Å². The third kappa shape index (κ3) is 2.09. The van der Waals surface area contributed by atoms with Gasteiger partial charge in [-0.05, 0) is 30.2 Å². The second-order valence-electron chi connectivity index (χ2n) is 5.31. The van der Waals surface area contributed by atoms with E-state index in [0.29, 0.717) is 12.3 Å². The molecule has 0 radical (unpaired) electrons. The molecule has 2 aliphatic rings. The molecule has 2 fully saturated rings. The zero-order valence-electron chi connectivity index (χ0n) is 10.2. The largest absolute Gasteiger partial charge is 0.296 e. The van der Waals surface area contributed by atoms with Gasteiger partial charge in [0.15, 0.2) is 0 Å². The van der Waals surface area contributed by atoms with E-state index in [1.807, 2.05) is 11.4 Å². The van der Waals surface area contributed by atoms with E-state index in [1.54, 1.807) is 11.3 Å². The molecule has 1 aliphatic heterocycles. The molecule has 0 bridgehead atoms. The molecular formula is C14H17NO2S. The first-order valence-electron chi connectivity index (χ1n) is 6.63. The molecule has 1 saturated heterocycles. The number of nitrogens with one attached hydrogen (secondary N) is 1. The molecule has 1 N–H and O–H groups in total. The highest BCUT2D eigenvalue weighted by atomic mass is 32.1. The van der Waals surface area contributed by atoms with Crippen LogP contribution in [-0.4, -0.2) is 11.8 Å². The molecule has 2 atom stereocenters. The summed E-state index contributed by atoms with van der Waals surface area (Å²) in [5.74, 6) is 0.410. The third-order valence-corrected chi connectivity index (χ3v) is 5.22. The Bertz CT molecular complexity index is 448. The Morgan fingerprint density at radius 1 is 1.22 bits per heavy atom. The number of carbonyl (C=O) groups excluding carboxylic acids is 2. The van der Waals surface area contributed by atoms with Crippen molar-refractivity contribution in [3.05, 3.63) is 22.4 Å². The van der Waals surface area contributed by atoms with Crippen LogP contribution in [0.3, 0.4) is 0 Å². The van der Waals surface area contributed by atoms with Gasteiger partial charge in [0.1, 0.15) is 0 Å². The summed E-state index contributed by atoms with van der Waals surface area (Å²) in [6.45, 7) is 0. The van der Waals surface area contributed by atoms with Crippen LogP contribution in [0.2, 0.25) is 0 Å². The fourth-order valence-electron chi connectivity index (χ4n) is 3.42. The number of piperidine rings is 1. The molecule has 3 rings (SSSR count). The number of amides is 2. The molecular weight excluding hydrogens is 246 g/mol. The topological polar surface area (TPSA) is 46.2 Å². The second kappa shape index (κ2) is 4.84. The van der Waals surface area contributed by atoms with E-state index in [2.05, 4.69) is 11.4 Å². The average molecular weight is 263 g/mol. The lowest BCUT2D eigenvalue weighted by atomic mass is 9.75. The van der Waals surface area contributed by atoms with Gasteiger partial charge in [-0.25, -0.2) is 0 Å². The lowest BCUT2D eigenvalue weighted by Crippen LogP contribution is -2.47. The summed E-state index contributed by atoms with van der Waals surface area (Å²) >= 11 is 1.66. The van der Waals surface area contributed by atoms with Gasteiger partial charge in [0.25, 0.3) is 0 Å². The van der Waals surface area contributed by atoms with Crippen LogP contribution in [0.1, 0.15) is 42.9 Å². The van der Waals surface area contributed by atoms with Crippen molar-refractivity contribution in [1.82, 2.24) is 5.32 Å². The van der Waals surface area contributed by atoms with Gasteiger partial charge in [-0.3, -0.25) is 14.9 Å². The van der Waals surface area contributed by atoms with Gasteiger partial charge in [-0.2, -0.15) is 0 Å². The second-order valence-corrected chi connectivity index (χ2v) is 6.29. The predicted octanol–water partition coefficient (Wildman–Crippen LogP) is 2.68. The fraction of sp³-hybridized carbons (Fsp3) is 0.571. The molecule has 1 aliphatic carbocycles. The molecule has 0 aromatic carbocycles. The van der Waals surface area contributed by atoms with E-state index < -0.39 is 0 Å². The van der Waals surface area contributed by atoms with Gasteiger partial charge in [-0.1, -0.05) is 18.9 Å². The molecule has 3 nitrogen and oxygen atoms in total. The first kappa shape index (κ1) is 11.9. The number of imide groups is 1. The molecule has 4 heteroatoms. The lowest BCUT2D eigenvalue weighted by Gasteiger charge is -2.33. The zero-order valence-corrected chi connectivity index (χ0v) is 11.0. The molecule has 18 heavy (non-hydrogen) atoms. The highest BCUT2D eigenvalue weighted by molar-refractivity contribution is 7.10. The van der Waals surface area contributed by atoms with Crippen molar-refractivity contribution in [3.8, 4) is 0 Å². The molecule has 1 saturated carbocycles. The van der Waals surface area contributed by atoms with Crippen molar-refractivity contribution >= 4 is 23.2 Å². The van der Waals surface area contributed by atoms with E-state index >= 15 is 0 Å². The summed E-state index contributed by atoms with van der Waals surface area (Å²) in [6.07, 6.45) is 5.18. The summed E-state index contributed by atoms with van der Waals surface area (Å²) in [6, 6.07) is 4.06. The van der Waals surface area contributed by atoms with Gasteiger partial charge < -0.3 is 0 Å². The maximum atomic E-state index is 12.2. The van der Waals surface area contributed by atoms with Gasteiger partial charge >= 0.3 is 0 Å². The number of hydrogen-bond acceptors (Lipinski definition) is 3. The summed E-state index contributed by atoms with van der Waals surface area (Å²) in [7, 11) is 0. The van der Waals surface area contributed by atoms with Crippen LogP contribution < -0.4 is 5.32 Å². The highest BCUT2D eigenvalue weighted by Crippen LogP contribution is 2.43. The van der Waals surface area contributed by atoms with Crippen molar-refractivity contribution in [2.45, 2.75) is 38.0 Å². The van der Waals surface area contributed by atoms with Crippen LogP contribution in [0.25, 0.3) is 0 Å². The standard InChI is InChI=1S/C14H17NO2S/c16-12-8-10(11-6-3-7-18-11)13(14(17)15-12)9-4-1-2-5-9/h3,6-7,9-10,13H,1-2,4-5,8H2,(H,15,16,17). The van der Waals surface area contributed by atoms with Crippen molar-refractivity contribution < 1.29 is 9.59 Å². The van der Waals surface area contributed by atoms with E-state index in [0.717, 1.165) is 12.8 Å². The van der Waals surface area contributed by atoms with E-state index in [-0.39, 0.29) is 23.7 Å². The van der Waals surface area contributed by atoms with Crippen molar-refractivity contribution in [3.63, 3.8) is 0 Å². The molecule has 0 spiro atoms. The van der Waals surface area contributed by atoms with E-state index in [9.17, 15) is 9.59 Å². The van der Waals surface area contributed by atoms with Crippen LogP contribution >= 0.6 is 11.3 Å². The Morgan fingerprint density at radius 2 is 2.00 bits per heavy atom. The first-order valence-corrected chi connectivity index (χ1v) is 7.51. The minimum Gasteiger partial charge on any atom is -0.296 e. The van der Waals surface area contributed by atoms with Crippen LogP contribution in [-0.2, 0) is 9.59 Å². The maximum absolute atomic E-state index is 12.2. The molecule has 1 aromatic heterocycles. The fourth-order valence-corrected chi connectivity index (χ4v) is 4.30. The van der Waals surface area contributed by atoms with Crippen molar-refractivity contribution in [2.75, 3.05) is 0 Å². The van der Waals surface area contributed by atoms with Gasteiger partial charge in [0.2, 0.25) is 11.8 Å². The molecule has 2 heterocycles. The minimum atomic E-state index is -0.118. The van der Waals surface area contributed by atoms with Crippen LogP contribution in [0.5, 0.6) is 0 Å². The SMILES string of the molecule is O=C1CC(c2cccs2)C(C2CCCC2)C(=O)N1. The number of thiophene rings is 1. The summed E-state index contributed by atoms with van der Waals surface area (Å²) < 4.78 is 0. The monoisotopic (exact) mass is 263 g/mol. The lowest BCUT2D eigenvalue weighted by molar-refractivity contribution is -0.138. The molecule has 1 aromatic rings. The quantitative estimate of drug-likeness (QED) is 0.834. The molecule has 96 valence electrons. The Kier molecular flexibility index (Phi) is 3.20. The highest BCUT2D eigenvalue weighted by Gasteiger charge is 2.42. The summed E-state index contributed by atoms with van der Waals surface area (Å²) in [5.41, 5.74) is 0. The minimum absolute atomic E-state index is 0.00356. The third-order valence-electron chi connectivity index (χ3n) is 4.22. The van der Waals surface area contributed by atoms with Gasteiger partial charge in [0.05, 0.1) is 0 Å². The number of rotatable bonds is 2. The van der Waals surface area contributed by atoms with Crippen LogP contribution in [0, 0.1) is 11.8 Å². The first-order chi connectivity index (χ1) is 8.75. The Hall–Kier alpha value is -1.16. The maximum Gasteiger partial charge on any atom is 0.230 e. The van der Waals surface area contributed by atoms with E-state index in [4.69, 9.17) is 0 Å². The Labute approximate surface area is 111 Å². The normalized spacial score (nSPS) is 29.6. The van der Waals surface area contributed by atoms with Crippen LogP contribution in [0.4, 0.5) is 0 Å². The Balaban J connectivity index is 1.90. The predicted molar refractivity (Wildman–Crippen MR) is 70.3 cm³/mol. The average Bonchev–Trinajstić information content (AvgIpc) is 3.01. The number of hydrogen-bond donors (Lipinski definition) is 1. The van der Waals surface area contributed by atoms with E-state index in [1.165, 1.54) is 17.7 Å². The molecule has 2 amide bonds. The summed E-state index contributed by atoms with van der Waals surface area (Å²) in [5, 5.41) is 4.55. The van der Waals surface area contributed by atoms with Crippen LogP contribution in [0.15, 0.2) is 17.5 Å². The van der Waals surface area contributed by atoms with Gasteiger partial charge in [-0.15, -0.1) is 11.3 Å². The zero-order chi connectivity index (χ0) is 12.5.